The number of hydrogen-bond donors (Lipinski definition) is 0. The molecule has 1 aromatic heterocycles. The molecule has 6 heteroatoms. The summed E-state index contributed by atoms with van der Waals surface area (Å²) in [6.07, 6.45) is 1.67. The zero-order chi connectivity index (χ0) is 21.8. The van der Waals surface area contributed by atoms with Gasteiger partial charge in [0.1, 0.15) is 5.69 Å². The maximum absolute atomic E-state index is 13.0. The molecular weight excluding hydrogens is 414 g/mol. The molecule has 1 unspecified atom stereocenters. The van der Waals surface area contributed by atoms with E-state index in [4.69, 9.17) is 25.8 Å². The average molecular weight is 442 g/mol. The van der Waals surface area contributed by atoms with Gasteiger partial charge in [-0.3, -0.25) is 0 Å². The standard InChI is InChI=1S/C25H28ClNO4/c1-3-29-24(28)23-20-12-11-19(26)16-21(20)22(18-9-5-4-6-10-18)27(23)13-7-8-17(2)25-30-14-15-31-25/h4-6,9-12,16-17,25H,3,7-8,13-15H2,1-2H3. The molecule has 0 amide bonds. The third-order valence-electron chi connectivity index (χ3n) is 5.70. The Morgan fingerprint density at radius 1 is 1.16 bits per heavy atom. The lowest BCUT2D eigenvalue weighted by Crippen LogP contribution is -2.19. The van der Waals surface area contributed by atoms with E-state index >= 15 is 0 Å². The topological polar surface area (TPSA) is 49.7 Å². The van der Waals surface area contributed by atoms with Gasteiger partial charge in [0.15, 0.2) is 6.29 Å². The van der Waals surface area contributed by atoms with Crippen LogP contribution in [0.2, 0.25) is 5.02 Å². The minimum Gasteiger partial charge on any atom is -0.461 e. The smallest absolute Gasteiger partial charge is 0.355 e. The van der Waals surface area contributed by atoms with Crippen molar-refractivity contribution in [3.05, 3.63) is 59.2 Å². The summed E-state index contributed by atoms with van der Waals surface area (Å²) in [5.74, 6) is -0.0272. The van der Waals surface area contributed by atoms with Crippen molar-refractivity contribution in [1.29, 1.82) is 0 Å². The van der Waals surface area contributed by atoms with Crippen LogP contribution < -0.4 is 0 Å². The highest BCUT2D eigenvalue weighted by atomic mass is 35.5. The lowest BCUT2D eigenvalue weighted by molar-refractivity contribution is -0.0807. The van der Waals surface area contributed by atoms with Gasteiger partial charge in [-0.15, -0.1) is 0 Å². The molecule has 1 aliphatic heterocycles. The SMILES string of the molecule is CCOC(=O)c1c2ccc(Cl)cc2c(-c2ccccc2)n1CCCC(C)C1OCCO1. The maximum Gasteiger partial charge on any atom is 0.355 e. The quantitative estimate of drug-likeness (QED) is 0.406. The summed E-state index contributed by atoms with van der Waals surface area (Å²) in [6.45, 7) is 6.29. The third kappa shape index (κ3) is 4.64. The van der Waals surface area contributed by atoms with Gasteiger partial charge in [0.2, 0.25) is 0 Å². The fourth-order valence-electron chi connectivity index (χ4n) is 4.28. The number of esters is 1. The molecule has 3 aromatic rings. The van der Waals surface area contributed by atoms with Gasteiger partial charge < -0.3 is 18.8 Å². The average Bonchev–Trinajstić information content (AvgIpc) is 3.41. The molecule has 2 heterocycles. The van der Waals surface area contributed by atoms with Gasteiger partial charge in [-0.25, -0.2) is 4.79 Å². The van der Waals surface area contributed by atoms with Crippen LogP contribution in [0.1, 0.15) is 37.2 Å². The van der Waals surface area contributed by atoms with E-state index in [0.29, 0.717) is 37.1 Å². The highest BCUT2D eigenvalue weighted by Gasteiger charge is 2.26. The van der Waals surface area contributed by atoms with E-state index in [2.05, 4.69) is 23.6 Å². The third-order valence-corrected chi connectivity index (χ3v) is 5.94. The van der Waals surface area contributed by atoms with Crippen LogP contribution in [-0.4, -0.2) is 36.6 Å². The Kier molecular flexibility index (Phi) is 6.96. The Balaban J connectivity index is 1.75. The van der Waals surface area contributed by atoms with Crippen molar-refractivity contribution in [2.75, 3.05) is 19.8 Å². The van der Waals surface area contributed by atoms with Gasteiger partial charge >= 0.3 is 5.97 Å². The summed E-state index contributed by atoms with van der Waals surface area (Å²) >= 11 is 6.35. The molecule has 5 nitrogen and oxygen atoms in total. The Morgan fingerprint density at radius 3 is 2.61 bits per heavy atom. The molecule has 0 saturated carbocycles. The summed E-state index contributed by atoms with van der Waals surface area (Å²) in [6, 6.07) is 15.8. The molecule has 1 saturated heterocycles. The number of ether oxygens (including phenoxy) is 3. The molecule has 0 bridgehead atoms. The van der Waals surface area contributed by atoms with Crippen LogP contribution in [0.3, 0.4) is 0 Å². The van der Waals surface area contributed by atoms with Crippen LogP contribution in [-0.2, 0) is 20.8 Å². The number of nitrogens with zero attached hydrogens (tertiary/aromatic N) is 1. The second-order valence-electron chi connectivity index (χ2n) is 7.85. The molecule has 2 aromatic carbocycles. The van der Waals surface area contributed by atoms with Crippen molar-refractivity contribution in [3.63, 3.8) is 0 Å². The molecule has 164 valence electrons. The van der Waals surface area contributed by atoms with Crippen LogP contribution in [0.25, 0.3) is 22.0 Å². The van der Waals surface area contributed by atoms with E-state index in [1.165, 1.54) is 0 Å². The highest BCUT2D eigenvalue weighted by Crippen LogP contribution is 2.36. The molecule has 1 fully saturated rings. The van der Waals surface area contributed by atoms with Crippen LogP contribution in [0.4, 0.5) is 0 Å². The Hall–Kier alpha value is -2.34. The van der Waals surface area contributed by atoms with Gasteiger partial charge in [-0.1, -0.05) is 54.9 Å². The summed E-state index contributed by atoms with van der Waals surface area (Å²) in [5, 5.41) is 2.45. The number of carbonyl (C=O) groups is 1. The number of carbonyl (C=O) groups excluding carboxylic acids is 1. The zero-order valence-electron chi connectivity index (χ0n) is 18.0. The first-order valence-electron chi connectivity index (χ1n) is 10.9. The van der Waals surface area contributed by atoms with Gasteiger partial charge in [0, 0.05) is 28.3 Å². The number of hydrogen-bond acceptors (Lipinski definition) is 4. The largest absolute Gasteiger partial charge is 0.461 e. The maximum atomic E-state index is 13.0. The van der Waals surface area contributed by atoms with Crippen LogP contribution >= 0.6 is 11.6 Å². The number of benzene rings is 2. The van der Waals surface area contributed by atoms with Crippen molar-refractivity contribution >= 4 is 28.3 Å². The Morgan fingerprint density at radius 2 is 1.90 bits per heavy atom. The molecule has 0 aliphatic carbocycles. The van der Waals surface area contributed by atoms with Crippen molar-refractivity contribution in [2.24, 2.45) is 5.92 Å². The zero-order valence-corrected chi connectivity index (χ0v) is 18.7. The van der Waals surface area contributed by atoms with Gasteiger partial charge in [0.05, 0.1) is 25.5 Å². The van der Waals surface area contributed by atoms with E-state index in [1.54, 1.807) is 0 Å². The predicted octanol–water partition coefficient (Wildman–Crippen LogP) is 5.93. The Labute approximate surface area is 187 Å². The fraction of sp³-hybridized carbons (Fsp3) is 0.400. The van der Waals surface area contributed by atoms with Gasteiger partial charge in [-0.05, 0) is 37.5 Å². The first-order valence-corrected chi connectivity index (χ1v) is 11.3. The first-order chi connectivity index (χ1) is 15.1. The molecule has 0 radical (unpaired) electrons. The molecule has 1 atom stereocenters. The van der Waals surface area contributed by atoms with Gasteiger partial charge in [-0.2, -0.15) is 0 Å². The molecular formula is C25H28ClNO4. The van der Waals surface area contributed by atoms with Crippen molar-refractivity contribution in [1.82, 2.24) is 4.57 Å². The second-order valence-corrected chi connectivity index (χ2v) is 8.29. The lowest BCUT2D eigenvalue weighted by atomic mass is 10.0. The summed E-state index contributed by atoms with van der Waals surface area (Å²) in [4.78, 5) is 13.0. The predicted molar refractivity (Wildman–Crippen MR) is 122 cm³/mol. The van der Waals surface area contributed by atoms with E-state index in [-0.39, 0.29) is 18.2 Å². The molecule has 0 spiro atoms. The molecule has 31 heavy (non-hydrogen) atoms. The first kappa shape index (κ1) is 21.9. The highest BCUT2D eigenvalue weighted by molar-refractivity contribution is 6.31. The molecule has 1 aliphatic rings. The summed E-state index contributed by atoms with van der Waals surface area (Å²) in [5.41, 5.74) is 2.61. The van der Waals surface area contributed by atoms with E-state index in [9.17, 15) is 4.79 Å². The minimum atomic E-state index is -0.312. The number of halogens is 1. The van der Waals surface area contributed by atoms with Crippen molar-refractivity contribution in [3.8, 4) is 11.3 Å². The van der Waals surface area contributed by atoms with Crippen molar-refractivity contribution in [2.45, 2.75) is 39.5 Å². The Bertz CT molecular complexity index is 1040. The van der Waals surface area contributed by atoms with Crippen LogP contribution in [0, 0.1) is 5.92 Å². The summed E-state index contributed by atoms with van der Waals surface area (Å²) < 4.78 is 18.8. The van der Waals surface area contributed by atoms with E-state index in [0.717, 1.165) is 34.9 Å². The second kappa shape index (κ2) is 9.86. The van der Waals surface area contributed by atoms with Crippen LogP contribution in [0.15, 0.2) is 48.5 Å². The summed E-state index contributed by atoms with van der Waals surface area (Å²) in [7, 11) is 0. The molecule has 4 rings (SSSR count). The lowest BCUT2D eigenvalue weighted by Gasteiger charge is -2.19. The van der Waals surface area contributed by atoms with E-state index < -0.39 is 0 Å². The fourth-order valence-corrected chi connectivity index (χ4v) is 4.46. The minimum absolute atomic E-state index is 0.138. The number of rotatable bonds is 8. The van der Waals surface area contributed by atoms with Crippen molar-refractivity contribution < 1.29 is 19.0 Å². The number of aromatic nitrogens is 1. The normalized spacial score (nSPS) is 15.5. The number of fused-ring (bicyclic) bond motifs is 1. The van der Waals surface area contributed by atoms with Crippen LogP contribution in [0.5, 0.6) is 0 Å². The van der Waals surface area contributed by atoms with E-state index in [1.807, 2.05) is 43.3 Å². The van der Waals surface area contributed by atoms with Gasteiger partial charge in [0.25, 0.3) is 0 Å². The molecule has 0 N–H and O–H groups in total. The monoisotopic (exact) mass is 441 g/mol.